The number of hydrogen-bond donors (Lipinski definition) is 1. The van der Waals surface area contributed by atoms with Crippen molar-refractivity contribution in [3.63, 3.8) is 0 Å². The third-order valence-electron chi connectivity index (χ3n) is 5.13. The Morgan fingerprint density at radius 3 is 2.17 bits per heavy atom. The molecule has 1 saturated heterocycles. The van der Waals surface area contributed by atoms with Crippen LogP contribution in [0.1, 0.15) is 30.9 Å². The molecule has 0 aliphatic carbocycles. The summed E-state index contributed by atoms with van der Waals surface area (Å²) in [6.45, 7) is 4.90. The van der Waals surface area contributed by atoms with Gasteiger partial charge in [-0.3, -0.25) is 0 Å². The lowest BCUT2D eigenvalue weighted by Gasteiger charge is -2.44. The first-order valence-electron chi connectivity index (χ1n) is 8.76. The van der Waals surface area contributed by atoms with Crippen LogP contribution in [0.25, 0.3) is 0 Å². The van der Waals surface area contributed by atoms with Crippen molar-refractivity contribution in [2.24, 2.45) is 0 Å². The molecule has 0 amide bonds. The Kier molecular flexibility index (Phi) is 5.47. The summed E-state index contributed by atoms with van der Waals surface area (Å²) in [4.78, 5) is 0. The molecule has 2 nitrogen and oxygen atoms in total. The van der Waals surface area contributed by atoms with E-state index in [1.54, 1.807) is 0 Å². The van der Waals surface area contributed by atoms with E-state index < -0.39 is 0 Å². The summed E-state index contributed by atoms with van der Waals surface area (Å²) in [6, 6.07) is 22.3. The SMILES string of the molecule is CCNC(Cc1ccccc1)C1(c2ccccc2)CCOCC1. The number of hydrogen-bond acceptors (Lipinski definition) is 2. The van der Waals surface area contributed by atoms with E-state index in [2.05, 4.69) is 72.9 Å². The third kappa shape index (κ3) is 3.65. The molecule has 2 aromatic rings. The van der Waals surface area contributed by atoms with Crippen molar-refractivity contribution in [2.45, 2.75) is 37.6 Å². The van der Waals surface area contributed by atoms with Crippen molar-refractivity contribution < 1.29 is 4.74 Å². The Bertz CT molecular complexity index is 575. The minimum atomic E-state index is 0.158. The smallest absolute Gasteiger partial charge is 0.0475 e. The second-order valence-electron chi connectivity index (χ2n) is 6.43. The van der Waals surface area contributed by atoms with Crippen molar-refractivity contribution in [3.8, 4) is 0 Å². The molecule has 2 heteroatoms. The zero-order valence-electron chi connectivity index (χ0n) is 14.0. The largest absolute Gasteiger partial charge is 0.381 e. The number of benzene rings is 2. The Morgan fingerprint density at radius 1 is 0.957 bits per heavy atom. The molecule has 1 heterocycles. The topological polar surface area (TPSA) is 21.3 Å². The number of likely N-dealkylation sites (N-methyl/N-ethyl adjacent to an activating group) is 1. The summed E-state index contributed by atoms with van der Waals surface area (Å²) in [5.74, 6) is 0. The van der Waals surface area contributed by atoms with Gasteiger partial charge in [0.15, 0.2) is 0 Å². The Hall–Kier alpha value is -1.64. The van der Waals surface area contributed by atoms with Crippen LogP contribution in [0.15, 0.2) is 60.7 Å². The van der Waals surface area contributed by atoms with E-state index in [9.17, 15) is 0 Å². The number of rotatable bonds is 6. The maximum Gasteiger partial charge on any atom is 0.0475 e. The monoisotopic (exact) mass is 309 g/mol. The molecule has 0 aromatic heterocycles. The number of nitrogens with one attached hydrogen (secondary N) is 1. The summed E-state index contributed by atoms with van der Waals surface area (Å²) in [5, 5.41) is 3.78. The van der Waals surface area contributed by atoms with Crippen LogP contribution in [0.2, 0.25) is 0 Å². The van der Waals surface area contributed by atoms with Gasteiger partial charge in [0.05, 0.1) is 0 Å². The molecular formula is C21H27NO. The van der Waals surface area contributed by atoms with E-state index >= 15 is 0 Å². The summed E-state index contributed by atoms with van der Waals surface area (Å²) >= 11 is 0. The van der Waals surface area contributed by atoms with Gasteiger partial charge in [0, 0.05) is 24.7 Å². The molecule has 1 aliphatic rings. The molecule has 0 spiro atoms. The van der Waals surface area contributed by atoms with Crippen LogP contribution in [0.4, 0.5) is 0 Å². The van der Waals surface area contributed by atoms with E-state index in [1.165, 1.54) is 11.1 Å². The fraction of sp³-hybridized carbons (Fsp3) is 0.429. The molecule has 1 fully saturated rings. The van der Waals surface area contributed by atoms with Crippen LogP contribution in [-0.4, -0.2) is 25.8 Å². The molecule has 1 N–H and O–H groups in total. The van der Waals surface area contributed by atoms with E-state index in [1.807, 2.05) is 0 Å². The summed E-state index contributed by atoms with van der Waals surface area (Å²) in [6.07, 6.45) is 3.23. The lowest BCUT2D eigenvalue weighted by Crippen LogP contribution is -2.52. The van der Waals surface area contributed by atoms with E-state index in [0.717, 1.165) is 39.0 Å². The molecule has 1 aliphatic heterocycles. The maximum absolute atomic E-state index is 5.70. The molecule has 0 radical (unpaired) electrons. The van der Waals surface area contributed by atoms with Gasteiger partial charge in [-0.2, -0.15) is 0 Å². The van der Waals surface area contributed by atoms with Crippen molar-refractivity contribution >= 4 is 0 Å². The second-order valence-corrected chi connectivity index (χ2v) is 6.43. The molecule has 2 aromatic carbocycles. The minimum absolute atomic E-state index is 0.158. The fourth-order valence-corrected chi connectivity index (χ4v) is 3.90. The van der Waals surface area contributed by atoms with E-state index in [0.29, 0.717) is 6.04 Å². The zero-order valence-corrected chi connectivity index (χ0v) is 14.0. The van der Waals surface area contributed by atoms with Crippen molar-refractivity contribution in [2.75, 3.05) is 19.8 Å². The zero-order chi connectivity index (χ0) is 16.0. The van der Waals surface area contributed by atoms with Crippen LogP contribution < -0.4 is 5.32 Å². The first-order valence-corrected chi connectivity index (χ1v) is 8.76. The average Bonchev–Trinajstić information content (AvgIpc) is 2.63. The van der Waals surface area contributed by atoms with Gasteiger partial charge in [-0.05, 0) is 36.9 Å². The summed E-state index contributed by atoms with van der Waals surface area (Å²) in [7, 11) is 0. The molecule has 0 bridgehead atoms. The Labute approximate surface area is 139 Å². The molecule has 3 rings (SSSR count). The highest BCUT2D eigenvalue weighted by Gasteiger charge is 2.41. The minimum Gasteiger partial charge on any atom is -0.381 e. The molecule has 1 unspecified atom stereocenters. The maximum atomic E-state index is 5.70. The van der Waals surface area contributed by atoms with Crippen LogP contribution in [0, 0.1) is 0 Å². The van der Waals surface area contributed by atoms with Gasteiger partial charge in [-0.15, -0.1) is 0 Å². The Balaban J connectivity index is 1.94. The first kappa shape index (κ1) is 16.2. The van der Waals surface area contributed by atoms with Crippen LogP contribution in [0.3, 0.4) is 0 Å². The van der Waals surface area contributed by atoms with E-state index in [4.69, 9.17) is 4.74 Å². The van der Waals surface area contributed by atoms with Crippen molar-refractivity contribution in [3.05, 3.63) is 71.8 Å². The highest BCUT2D eigenvalue weighted by atomic mass is 16.5. The van der Waals surface area contributed by atoms with Gasteiger partial charge in [0.1, 0.15) is 0 Å². The van der Waals surface area contributed by atoms with Gasteiger partial charge in [0.25, 0.3) is 0 Å². The van der Waals surface area contributed by atoms with Crippen molar-refractivity contribution in [1.82, 2.24) is 5.32 Å². The van der Waals surface area contributed by atoms with Gasteiger partial charge in [-0.25, -0.2) is 0 Å². The Morgan fingerprint density at radius 2 is 1.57 bits per heavy atom. The summed E-state index contributed by atoms with van der Waals surface area (Å²) in [5.41, 5.74) is 3.01. The molecule has 0 saturated carbocycles. The lowest BCUT2D eigenvalue weighted by atomic mass is 9.67. The van der Waals surface area contributed by atoms with Gasteiger partial charge in [-0.1, -0.05) is 67.6 Å². The molecule has 122 valence electrons. The molecular weight excluding hydrogens is 282 g/mol. The fourth-order valence-electron chi connectivity index (χ4n) is 3.90. The normalized spacial score (nSPS) is 18.5. The van der Waals surface area contributed by atoms with E-state index in [-0.39, 0.29) is 5.41 Å². The predicted molar refractivity (Wildman–Crippen MR) is 95.8 cm³/mol. The highest BCUT2D eigenvalue weighted by molar-refractivity contribution is 5.30. The van der Waals surface area contributed by atoms with Crippen LogP contribution in [-0.2, 0) is 16.6 Å². The van der Waals surface area contributed by atoms with Gasteiger partial charge >= 0.3 is 0 Å². The van der Waals surface area contributed by atoms with Gasteiger partial charge in [0.2, 0.25) is 0 Å². The van der Waals surface area contributed by atoms with Crippen LogP contribution in [0.5, 0.6) is 0 Å². The standard InChI is InChI=1S/C21H27NO/c1-2-22-20(17-18-9-5-3-6-10-18)21(13-15-23-16-14-21)19-11-7-4-8-12-19/h3-12,20,22H,2,13-17H2,1H3. The quantitative estimate of drug-likeness (QED) is 0.872. The van der Waals surface area contributed by atoms with Crippen LogP contribution >= 0.6 is 0 Å². The van der Waals surface area contributed by atoms with Gasteiger partial charge < -0.3 is 10.1 Å². The lowest BCUT2D eigenvalue weighted by molar-refractivity contribution is 0.0345. The summed E-state index contributed by atoms with van der Waals surface area (Å²) < 4.78 is 5.70. The average molecular weight is 309 g/mol. The first-order chi connectivity index (χ1) is 11.3. The number of ether oxygens (including phenoxy) is 1. The highest BCUT2D eigenvalue weighted by Crippen LogP contribution is 2.39. The predicted octanol–water partition coefficient (Wildman–Crippen LogP) is 3.96. The second kappa shape index (κ2) is 7.76. The third-order valence-corrected chi connectivity index (χ3v) is 5.13. The molecule has 1 atom stereocenters. The molecule has 23 heavy (non-hydrogen) atoms. The van der Waals surface area contributed by atoms with Crippen molar-refractivity contribution in [1.29, 1.82) is 0 Å².